The van der Waals surface area contributed by atoms with Gasteiger partial charge in [-0.2, -0.15) is 0 Å². The first kappa shape index (κ1) is 16.5. The predicted molar refractivity (Wildman–Crippen MR) is 103 cm³/mol. The fourth-order valence-electron chi connectivity index (χ4n) is 4.84. The van der Waals surface area contributed by atoms with E-state index in [2.05, 4.69) is 42.8 Å². The van der Waals surface area contributed by atoms with Crippen LogP contribution < -0.4 is 18.9 Å². The first-order valence-corrected chi connectivity index (χ1v) is 9.17. The average molecular weight is 365 g/mol. The maximum absolute atomic E-state index is 5.60. The van der Waals surface area contributed by atoms with E-state index < -0.39 is 0 Å². The van der Waals surface area contributed by atoms with Crippen molar-refractivity contribution in [3.63, 3.8) is 0 Å². The van der Waals surface area contributed by atoms with Gasteiger partial charge in [0.1, 0.15) is 0 Å². The van der Waals surface area contributed by atoms with Gasteiger partial charge < -0.3 is 18.9 Å². The van der Waals surface area contributed by atoms with Gasteiger partial charge in [0.2, 0.25) is 6.79 Å². The van der Waals surface area contributed by atoms with E-state index >= 15 is 0 Å². The molecule has 3 aliphatic rings. The summed E-state index contributed by atoms with van der Waals surface area (Å²) in [4.78, 5) is 2.41. The lowest BCUT2D eigenvalue weighted by atomic mass is 9.76. The zero-order valence-corrected chi connectivity index (χ0v) is 15.9. The van der Waals surface area contributed by atoms with Gasteiger partial charge in [0.15, 0.2) is 23.0 Å². The van der Waals surface area contributed by atoms with Crippen molar-refractivity contribution in [3.05, 3.63) is 53.1 Å². The van der Waals surface area contributed by atoms with E-state index in [1.807, 2.05) is 0 Å². The fraction of sp³-hybridized carbons (Fsp3) is 0.364. The topological polar surface area (TPSA) is 40.2 Å². The second-order valence-corrected chi connectivity index (χ2v) is 7.41. The van der Waals surface area contributed by atoms with Crippen LogP contribution in [0.25, 0.3) is 5.57 Å². The van der Waals surface area contributed by atoms with Crippen molar-refractivity contribution in [2.45, 2.75) is 18.4 Å². The van der Waals surface area contributed by atoms with E-state index in [1.165, 1.54) is 16.7 Å². The highest BCUT2D eigenvalue weighted by Gasteiger charge is 2.49. The second kappa shape index (κ2) is 5.67. The Labute approximate surface area is 159 Å². The third kappa shape index (κ3) is 2.09. The normalized spacial score (nSPS) is 22.7. The van der Waals surface area contributed by atoms with Gasteiger partial charge in [0, 0.05) is 6.54 Å². The van der Waals surface area contributed by atoms with Crippen molar-refractivity contribution in [3.8, 4) is 23.0 Å². The summed E-state index contributed by atoms with van der Waals surface area (Å²) >= 11 is 0. The molecule has 0 saturated heterocycles. The van der Waals surface area contributed by atoms with Crippen LogP contribution in [0.15, 0.2) is 30.8 Å². The lowest BCUT2D eigenvalue weighted by Crippen LogP contribution is -2.48. The maximum Gasteiger partial charge on any atom is 0.231 e. The Morgan fingerprint density at radius 3 is 2.44 bits per heavy atom. The second-order valence-electron chi connectivity index (χ2n) is 7.41. The molecule has 2 aromatic carbocycles. The number of likely N-dealkylation sites (N-methyl/N-ethyl adjacent to an activating group) is 1. The van der Waals surface area contributed by atoms with Crippen LogP contribution in [0.4, 0.5) is 0 Å². The minimum absolute atomic E-state index is 0.287. The maximum atomic E-state index is 5.60. The highest BCUT2D eigenvalue weighted by atomic mass is 16.7. The van der Waals surface area contributed by atoms with E-state index in [-0.39, 0.29) is 12.3 Å². The number of benzene rings is 2. The van der Waals surface area contributed by atoms with Crippen LogP contribution >= 0.6 is 0 Å². The van der Waals surface area contributed by atoms with E-state index in [9.17, 15) is 0 Å². The van der Waals surface area contributed by atoms with Gasteiger partial charge in [-0.3, -0.25) is 4.90 Å². The molecule has 0 unspecified atom stereocenters. The van der Waals surface area contributed by atoms with E-state index in [1.54, 1.807) is 14.2 Å². The summed E-state index contributed by atoms with van der Waals surface area (Å²) in [5.41, 5.74) is 5.76. The standard InChI is InChI=1S/C22H23NO4/c1-13-16-9-21-20(26-12-27-21)8-15(16)11-22(13)17-10-19(25-4)18(24-3)7-14(17)5-6-23(22)2/h7-10H,1,5-6,11-12H2,2-4H3/t22-/m0/s1. The van der Waals surface area contributed by atoms with Crippen molar-refractivity contribution < 1.29 is 18.9 Å². The summed E-state index contributed by atoms with van der Waals surface area (Å²) < 4.78 is 22.3. The van der Waals surface area contributed by atoms with E-state index in [0.717, 1.165) is 53.5 Å². The number of methoxy groups -OCH3 is 2. The zero-order chi connectivity index (χ0) is 18.8. The molecule has 140 valence electrons. The van der Waals surface area contributed by atoms with E-state index in [0.29, 0.717) is 0 Å². The quantitative estimate of drug-likeness (QED) is 0.816. The highest BCUT2D eigenvalue weighted by Crippen LogP contribution is 2.55. The largest absolute Gasteiger partial charge is 0.493 e. The Morgan fingerprint density at radius 2 is 1.70 bits per heavy atom. The van der Waals surface area contributed by atoms with Crippen molar-refractivity contribution in [1.29, 1.82) is 0 Å². The van der Waals surface area contributed by atoms with Crippen LogP contribution in [-0.2, 0) is 18.4 Å². The van der Waals surface area contributed by atoms with Crippen molar-refractivity contribution in [1.82, 2.24) is 4.90 Å². The smallest absolute Gasteiger partial charge is 0.231 e. The van der Waals surface area contributed by atoms with Crippen molar-refractivity contribution >= 4 is 5.57 Å². The first-order chi connectivity index (χ1) is 13.1. The molecular weight excluding hydrogens is 342 g/mol. The van der Waals surface area contributed by atoms with E-state index in [4.69, 9.17) is 18.9 Å². The highest BCUT2D eigenvalue weighted by molar-refractivity contribution is 5.83. The molecule has 0 N–H and O–H groups in total. The SMILES string of the molecule is C=C1c2cc3c(cc2C[C@@]12c1cc(OC)c(OC)cc1CCN2C)OCO3. The summed E-state index contributed by atoms with van der Waals surface area (Å²) in [7, 11) is 5.54. The fourth-order valence-corrected chi connectivity index (χ4v) is 4.84. The number of fused-ring (bicyclic) bond motifs is 4. The third-order valence-corrected chi connectivity index (χ3v) is 6.29. The summed E-state index contributed by atoms with van der Waals surface area (Å²) in [6.07, 6.45) is 1.83. The summed E-state index contributed by atoms with van der Waals surface area (Å²) in [6.45, 7) is 5.78. The molecule has 1 aliphatic carbocycles. The third-order valence-electron chi connectivity index (χ3n) is 6.29. The summed E-state index contributed by atoms with van der Waals surface area (Å²) in [5, 5.41) is 0. The Bertz CT molecular complexity index is 967. The van der Waals surface area contributed by atoms with Crippen LogP contribution in [0.1, 0.15) is 22.3 Å². The lowest BCUT2D eigenvalue weighted by molar-refractivity contribution is 0.167. The molecule has 5 heteroatoms. The molecule has 0 fully saturated rings. The summed E-state index contributed by atoms with van der Waals surface area (Å²) in [5.74, 6) is 3.16. The van der Waals surface area contributed by atoms with Gasteiger partial charge in [-0.15, -0.1) is 0 Å². The molecule has 0 saturated carbocycles. The van der Waals surface area contributed by atoms with Crippen LogP contribution in [-0.4, -0.2) is 39.5 Å². The van der Waals surface area contributed by atoms with Gasteiger partial charge in [-0.25, -0.2) is 0 Å². The molecule has 5 rings (SSSR count). The molecule has 0 amide bonds. The number of hydrogen-bond acceptors (Lipinski definition) is 5. The van der Waals surface area contributed by atoms with Crippen LogP contribution in [0.2, 0.25) is 0 Å². The molecule has 5 nitrogen and oxygen atoms in total. The molecule has 0 aromatic heterocycles. The Kier molecular flexibility index (Phi) is 3.46. The molecule has 1 atom stereocenters. The predicted octanol–water partition coefficient (Wildman–Crippen LogP) is 3.39. The van der Waals surface area contributed by atoms with Crippen LogP contribution in [0, 0.1) is 0 Å². The Morgan fingerprint density at radius 1 is 1.00 bits per heavy atom. The molecule has 2 aliphatic heterocycles. The van der Waals surface area contributed by atoms with Gasteiger partial charge in [0.05, 0.1) is 19.8 Å². The lowest BCUT2D eigenvalue weighted by Gasteiger charge is -2.45. The number of rotatable bonds is 2. The first-order valence-electron chi connectivity index (χ1n) is 9.17. The monoisotopic (exact) mass is 365 g/mol. The number of ether oxygens (including phenoxy) is 4. The molecule has 2 heterocycles. The molecule has 0 radical (unpaired) electrons. The Balaban J connectivity index is 1.70. The van der Waals surface area contributed by atoms with Gasteiger partial charge in [-0.1, -0.05) is 6.58 Å². The van der Waals surface area contributed by atoms with Gasteiger partial charge in [-0.05, 0) is 72.0 Å². The average Bonchev–Trinajstić information content (AvgIpc) is 3.25. The Hall–Kier alpha value is -2.66. The molecule has 27 heavy (non-hydrogen) atoms. The molecule has 0 bridgehead atoms. The molecule has 1 spiro atoms. The number of hydrogen-bond donors (Lipinski definition) is 0. The number of nitrogens with zero attached hydrogens (tertiary/aromatic N) is 1. The van der Waals surface area contributed by atoms with Gasteiger partial charge >= 0.3 is 0 Å². The zero-order valence-electron chi connectivity index (χ0n) is 15.9. The minimum Gasteiger partial charge on any atom is -0.493 e. The van der Waals surface area contributed by atoms with Gasteiger partial charge in [0.25, 0.3) is 0 Å². The van der Waals surface area contributed by atoms with Crippen LogP contribution in [0.5, 0.6) is 23.0 Å². The minimum atomic E-state index is -0.287. The van der Waals surface area contributed by atoms with Crippen molar-refractivity contribution in [2.75, 3.05) is 34.6 Å². The van der Waals surface area contributed by atoms with Crippen LogP contribution in [0.3, 0.4) is 0 Å². The van der Waals surface area contributed by atoms with Crippen molar-refractivity contribution in [2.24, 2.45) is 0 Å². The molecular formula is C22H23NO4. The molecule has 2 aromatic rings. The summed E-state index contributed by atoms with van der Waals surface area (Å²) in [6, 6.07) is 8.44.